The Morgan fingerprint density at radius 3 is 2.59 bits per heavy atom. The summed E-state index contributed by atoms with van der Waals surface area (Å²) in [5.74, 6) is -0.000548. The van der Waals surface area contributed by atoms with Gasteiger partial charge in [0, 0.05) is 31.9 Å². The number of amides is 1. The van der Waals surface area contributed by atoms with E-state index in [0.717, 1.165) is 50.8 Å². The van der Waals surface area contributed by atoms with Crippen LogP contribution in [0.25, 0.3) is 0 Å². The molecule has 2 rings (SSSR count). The fourth-order valence-electron chi connectivity index (χ4n) is 2.92. The minimum atomic E-state index is -0.459. The number of carbonyl (C=O) groups excluding carboxylic acids is 1. The lowest BCUT2D eigenvalue weighted by Gasteiger charge is -2.35. The number of ether oxygens (including phenoxy) is 1. The highest BCUT2D eigenvalue weighted by atomic mass is 16.6. The number of nitrogens with zero attached hydrogens (tertiary/aromatic N) is 4. The molecule has 0 aliphatic carbocycles. The number of pyridine rings is 1. The molecular formula is C19H30N4O4. The van der Waals surface area contributed by atoms with Crippen molar-refractivity contribution in [1.29, 1.82) is 0 Å². The Balaban J connectivity index is 1.68. The molecule has 0 radical (unpaired) electrons. The van der Waals surface area contributed by atoms with Crippen molar-refractivity contribution >= 4 is 12.3 Å². The number of carbonyl (C=O) groups is 1. The number of oxime groups is 1. The average molecular weight is 378 g/mol. The number of aromatic hydroxyl groups is 1. The second kappa shape index (κ2) is 9.55. The van der Waals surface area contributed by atoms with Gasteiger partial charge in [-0.05, 0) is 58.7 Å². The second-order valence-electron chi connectivity index (χ2n) is 7.72. The molecule has 0 saturated carbocycles. The lowest BCUT2D eigenvalue weighted by atomic mass is 10.1. The van der Waals surface area contributed by atoms with Gasteiger partial charge in [0.1, 0.15) is 17.0 Å². The summed E-state index contributed by atoms with van der Waals surface area (Å²) in [7, 11) is 0. The molecule has 2 N–H and O–H groups in total. The summed E-state index contributed by atoms with van der Waals surface area (Å²) in [6.07, 6.45) is 3.69. The van der Waals surface area contributed by atoms with Gasteiger partial charge in [-0.15, -0.1) is 0 Å². The Morgan fingerprint density at radius 1 is 1.26 bits per heavy atom. The minimum Gasteiger partial charge on any atom is -0.506 e. The summed E-state index contributed by atoms with van der Waals surface area (Å²) >= 11 is 0. The van der Waals surface area contributed by atoms with Crippen LogP contribution in [-0.2, 0) is 11.2 Å². The molecule has 1 amide bonds. The van der Waals surface area contributed by atoms with Gasteiger partial charge in [0.05, 0.1) is 6.21 Å². The lowest BCUT2D eigenvalue weighted by Crippen LogP contribution is -2.50. The topological polar surface area (TPSA) is 98.5 Å². The van der Waals surface area contributed by atoms with Gasteiger partial charge in [-0.2, -0.15) is 0 Å². The Hall–Kier alpha value is -2.35. The lowest BCUT2D eigenvalue weighted by molar-refractivity contribution is 0.0144. The molecule has 1 aromatic heterocycles. The first-order valence-electron chi connectivity index (χ1n) is 9.35. The molecule has 1 fully saturated rings. The predicted octanol–water partition coefficient (Wildman–Crippen LogP) is 2.47. The number of aromatic nitrogens is 1. The molecule has 8 heteroatoms. The van der Waals surface area contributed by atoms with E-state index in [4.69, 9.17) is 9.94 Å². The quantitative estimate of drug-likeness (QED) is 0.341. The van der Waals surface area contributed by atoms with Gasteiger partial charge >= 0.3 is 6.09 Å². The third kappa shape index (κ3) is 7.05. The molecule has 1 aliphatic heterocycles. The zero-order valence-electron chi connectivity index (χ0n) is 16.4. The van der Waals surface area contributed by atoms with Crippen molar-refractivity contribution < 1.29 is 19.8 Å². The molecular weight excluding hydrogens is 348 g/mol. The van der Waals surface area contributed by atoms with Crippen LogP contribution in [-0.4, -0.2) is 75.7 Å². The van der Waals surface area contributed by atoms with Gasteiger partial charge in [-0.3, -0.25) is 4.90 Å². The Kier molecular flexibility index (Phi) is 7.41. The van der Waals surface area contributed by atoms with Crippen molar-refractivity contribution in [2.24, 2.45) is 5.16 Å². The fraction of sp³-hybridized carbons (Fsp3) is 0.632. The number of piperazine rings is 1. The van der Waals surface area contributed by atoms with Crippen molar-refractivity contribution in [1.82, 2.24) is 14.8 Å². The van der Waals surface area contributed by atoms with E-state index in [1.807, 2.05) is 20.8 Å². The van der Waals surface area contributed by atoms with Gasteiger partial charge in [0.15, 0.2) is 0 Å². The smallest absolute Gasteiger partial charge is 0.410 e. The predicted molar refractivity (Wildman–Crippen MR) is 102 cm³/mol. The summed E-state index contributed by atoms with van der Waals surface area (Å²) in [5, 5.41) is 21.1. The second-order valence-corrected chi connectivity index (χ2v) is 7.72. The average Bonchev–Trinajstić information content (AvgIpc) is 2.60. The summed E-state index contributed by atoms with van der Waals surface area (Å²) in [5.41, 5.74) is 0.671. The molecule has 1 aromatic rings. The van der Waals surface area contributed by atoms with Crippen LogP contribution in [0.5, 0.6) is 5.75 Å². The number of unbranched alkanes of at least 4 members (excludes halogenated alkanes) is 1. The number of rotatable bonds is 6. The van der Waals surface area contributed by atoms with Crippen molar-refractivity contribution in [2.45, 2.75) is 45.6 Å². The summed E-state index contributed by atoms with van der Waals surface area (Å²) in [6, 6.07) is 3.35. The van der Waals surface area contributed by atoms with E-state index in [0.29, 0.717) is 13.1 Å². The molecule has 2 heterocycles. The molecule has 150 valence electrons. The largest absolute Gasteiger partial charge is 0.506 e. The molecule has 8 nitrogen and oxygen atoms in total. The SMILES string of the molecule is CC(C)(C)OC(=O)N1CCN(CCCCc2ccc(O)c(/C=N/O)n2)CC1. The van der Waals surface area contributed by atoms with Crippen LogP contribution in [0.15, 0.2) is 17.3 Å². The first-order chi connectivity index (χ1) is 12.8. The first-order valence-corrected chi connectivity index (χ1v) is 9.35. The molecule has 0 unspecified atom stereocenters. The first kappa shape index (κ1) is 21.0. The summed E-state index contributed by atoms with van der Waals surface area (Å²) in [4.78, 5) is 20.5. The van der Waals surface area contributed by atoms with E-state index in [2.05, 4.69) is 15.0 Å². The van der Waals surface area contributed by atoms with Gasteiger partial charge in [0.25, 0.3) is 0 Å². The van der Waals surface area contributed by atoms with E-state index in [9.17, 15) is 9.90 Å². The normalized spacial score (nSPS) is 16.0. The number of hydrogen-bond acceptors (Lipinski definition) is 7. The molecule has 0 bridgehead atoms. The van der Waals surface area contributed by atoms with Crippen molar-refractivity contribution in [2.75, 3.05) is 32.7 Å². The maximum Gasteiger partial charge on any atom is 0.410 e. The highest BCUT2D eigenvalue weighted by molar-refractivity contribution is 5.80. The number of hydrogen-bond donors (Lipinski definition) is 2. The van der Waals surface area contributed by atoms with Gasteiger partial charge in [0.2, 0.25) is 0 Å². The van der Waals surface area contributed by atoms with E-state index in [1.54, 1.807) is 17.0 Å². The standard InChI is InChI=1S/C19H30N4O4/c1-19(2,3)27-18(25)23-12-10-22(11-13-23)9-5-4-6-15-7-8-17(24)16(21-15)14-20-26/h7-8,14,24,26H,4-6,9-13H2,1-3H3/b20-14+. The van der Waals surface area contributed by atoms with Gasteiger partial charge in [-0.1, -0.05) is 5.16 Å². The van der Waals surface area contributed by atoms with Crippen LogP contribution in [0.2, 0.25) is 0 Å². The third-order valence-corrected chi connectivity index (χ3v) is 4.32. The highest BCUT2D eigenvalue weighted by Gasteiger charge is 2.25. The van der Waals surface area contributed by atoms with Crippen LogP contribution < -0.4 is 0 Å². The molecule has 0 spiro atoms. The Morgan fingerprint density at radius 2 is 1.96 bits per heavy atom. The van der Waals surface area contributed by atoms with Crippen molar-refractivity contribution in [3.8, 4) is 5.75 Å². The van der Waals surface area contributed by atoms with Crippen molar-refractivity contribution in [3.63, 3.8) is 0 Å². The van der Waals surface area contributed by atoms with Gasteiger partial charge < -0.3 is 20.0 Å². The van der Waals surface area contributed by atoms with Gasteiger partial charge in [-0.25, -0.2) is 9.78 Å². The molecule has 27 heavy (non-hydrogen) atoms. The fourth-order valence-corrected chi connectivity index (χ4v) is 2.92. The third-order valence-electron chi connectivity index (χ3n) is 4.32. The van der Waals surface area contributed by atoms with Crippen LogP contribution in [0.4, 0.5) is 4.79 Å². The monoisotopic (exact) mass is 378 g/mol. The van der Waals surface area contributed by atoms with E-state index in [-0.39, 0.29) is 17.5 Å². The Labute approximate surface area is 160 Å². The summed E-state index contributed by atoms with van der Waals surface area (Å²) < 4.78 is 5.41. The Bertz CT molecular complexity index is 650. The van der Waals surface area contributed by atoms with Crippen LogP contribution in [0.3, 0.4) is 0 Å². The van der Waals surface area contributed by atoms with Crippen molar-refractivity contribution in [3.05, 3.63) is 23.5 Å². The van der Waals surface area contributed by atoms with E-state index in [1.165, 1.54) is 0 Å². The van der Waals surface area contributed by atoms with E-state index >= 15 is 0 Å². The molecule has 0 atom stereocenters. The maximum atomic E-state index is 12.1. The van der Waals surface area contributed by atoms with Crippen LogP contribution >= 0.6 is 0 Å². The molecule has 1 saturated heterocycles. The number of aryl methyl sites for hydroxylation is 1. The highest BCUT2D eigenvalue weighted by Crippen LogP contribution is 2.15. The zero-order chi connectivity index (χ0) is 19.9. The molecule has 1 aliphatic rings. The van der Waals surface area contributed by atoms with Crippen LogP contribution in [0.1, 0.15) is 45.0 Å². The minimum absolute atomic E-state index is 0.000548. The maximum absolute atomic E-state index is 12.1. The van der Waals surface area contributed by atoms with Crippen LogP contribution in [0, 0.1) is 0 Å². The van der Waals surface area contributed by atoms with E-state index < -0.39 is 5.60 Å². The summed E-state index contributed by atoms with van der Waals surface area (Å²) in [6.45, 7) is 9.71. The molecule has 0 aromatic carbocycles. The zero-order valence-corrected chi connectivity index (χ0v) is 16.4.